The van der Waals surface area contributed by atoms with Crippen LogP contribution in [0.5, 0.6) is 0 Å². The molecule has 0 radical (unpaired) electrons. The summed E-state index contributed by atoms with van der Waals surface area (Å²) in [7, 11) is 0. The van der Waals surface area contributed by atoms with Crippen molar-refractivity contribution >= 4 is 34.8 Å². The number of hydrogen-bond acceptors (Lipinski definition) is 2. The van der Waals surface area contributed by atoms with Crippen molar-refractivity contribution in [1.29, 1.82) is 0 Å². The lowest BCUT2D eigenvalue weighted by atomic mass is 10.2. The fourth-order valence-corrected chi connectivity index (χ4v) is 1.93. The van der Waals surface area contributed by atoms with E-state index in [9.17, 15) is 4.79 Å². The molecule has 1 heterocycles. The SMILES string of the molecule is Cc1cccc(NC(=O)c2ccc(Cl)nc2Cl)c1. The predicted molar refractivity (Wildman–Crippen MR) is 73.4 cm³/mol. The van der Waals surface area contributed by atoms with E-state index in [1.165, 1.54) is 6.07 Å². The first-order valence-corrected chi connectivity index (χ1v) is 6.02. The molecular formula is C13H10Cl2N2O. The number of nitrogens with one attached hydrogen (secondary N) is 1. The molecule has 3 nitrogen and oxygen atoms in total. The maximum atomic E-state index is 12.0. The van der Waals surface area contributed by atoms with Crippen molar-refractivity contribution in [3.8, 4) is 0 Å². The van der Waals surface area contributed by atoms with E-state index in [1.807, 2.05) is 31.2 Å². The van der Waals surface area contributed by atoms with Crippen LogP contribution in [-0.4, -0.2) is 10.9 Å². The second-order valence-corrected chi connectivity index (χ2v) is 4.54. The molecule has 0 bridgehead atoms. The average Bonchev–Trinajstić information content (AvgIpc) is 2.28. The number of nitrogens with zero attached hydrogens (tertiary/aromatic N) is 1. The molecule has 0 aliphatic rings. The monoisotopic (exact) mass is 280 g/mol. The Morgan fingerprint density at radius 2 is 2.00 bits per heavy atom. The molecule has 5 heteroatoms. The van der Waals surface area contributed by atoms with Crippen molar-refractivity contribution in [2.24, 2.45) is 0 Å². The van der Waals surface area contributed by atoms with Crippen molar-refractivity contribution in [2.45, 2.75) is 6.92 Å². The third-order valence-electron chi connectivity index (χ3n) is 2.34. The van der Waals surface area contributed by atoms with Gasteiger partial charge in [-0.25, -0.2) is 4.98 Å². The number of hydrogen-bond donors (Lipinski definition) is 1. The number of amides is 1. The molecule has 0 fully saturated rings. The molecular weight excluding hydrogens is 271 g/mol. The highest BCUT2D eigenvalue weighted by Gasteiger charge is 2.12. The van der Waals surface area contributed by atoms with Gasteiger partial charge in [0.05, 0.1) is 5.56 Å². The Labute approximate surface area is 115 Å². The quantitative estimate of drug-likeness (QED) is 0.847. The van der Waals surface area contributed by atoms with Gasteiger partial charge in [0, 0.05) is 5.69 Å². The van der Waals surface area contributed by atoms with Gasteiger partial charge in [0.15, 0.2) is 0 Å². The zero-order valence-corrected chi connectivity index (χ0v) is 11.1. The summed E-state index contributed by atoms with van der Waals surface area (Å²) in [6.45, 7) is 1.95. The third kappa shape index (κ3) is 3.00. The molecule has 0 aliphatic carbocycles. The number of rotatable bonds is 2. The standard InChI is InChI=1S/C13H10Cl2N2O/c1-8-3-2-4-9(7-8)16-13(18)10-5-6-11(14)17-12(10)15/h2-7H,1H3,(H,16,18). The highest BCUT2D eigenvalue weighted by Crippen LogP contribution is 2.18. The molecule has 0 aliphatic heterocycles. The van der Waals surface area contributed by atoms with Gasteiger partial charge in [-0.2, -0.15) is 0 Å². The zero-order chi connectivity index (χ0) is 13.1. The largest absolute Gasteiger partial charge is 0.322 e. The van der Waals surface area contributed by atoms with Gasteiger partial charge in [0.2, 0.25) is 0 Å². The van der Waals surface area contributed by atoms with Gasteiger partial charge < -0.3 is 5.32 Å². The number of pyridine rings is 1. The number of halogens is 2. The second kappa shape index (κ2) is 5.38. The van der Waals surface area contributed by atoms with Crippen LogP contribution in [0, 0.1) is 6.92 Å². The average molecular weight is 281 g/mol. The van der Waals surface area contributed by atoms with E-state index < -0.39 is 0 Å². The Kier molecular flexibility index (Phi) is 3.84. The number of benzene rings is 1. The summed E-state index contributed by atoms with van der Waals surface area (Å²) in [6.07, 6.45) is 0. The summed E-state index contributed by atoms with van der Waals surface area (Å²) < 4.78 is 0. The predicted octanol–water partition coefficient (Wildman–Crippen LogP) is 3.95. The maximum absolute atomic E-state index is 12.0. The molecule has 0 saturated heterocycles. The molecule has 0 atom stereocenters. The van der Waals surface area contributed by atoms with Gasteiger partial charge in [-0.05, 0) is 36.8 Å². The molecule has 0 unspecified atom stereocenters. The fourth-order valence-electron chi connectivity index (χ4n) is 1.50. The van der Waals surface area contributed by atoms with Gasteiger partial charge in [-0.1, -0.05) is 35.3 Å². The minimum atomic E-state index is -0.310. The highest BCUT2D eigenvalue weighted by atomic mass is 35.5. The minimum absolute atomic E-state index is 0.0904. The second-order valence-electron chi connectivity index (χ2n) is 3.80. The Hall–Kier alpha value is -1.58. The topological polar surface area (TPSA) is 42.0 Å². The van der Waals surface area contributed by atoms with Gasteiger partial charge >= 0.3 is 0 Å². The van der Waals surface area contributed by atoms with Crippen LogP contribution in [0.4, 0.5) is 5.69 Å². The van der Waals surface area contributed by atoms with Crippen molar-refractivity contribution in [1.82, 2.24) is 4.98 Å². The van der Waals surface area contributed by atoms with Crippen LogP contribution in [-0.2, 0) is 0 Å². The van der Waals surface area contributed by atoms with Gasteiger partial charge in [0.1, 0.15) is 10.3 Å². The van der Waals surface area contributed by atoms with E-state index in [1.54, 1.807) is 6.07 Å². The number of aryl methyl sites for hydroxylation is 1. The molecule has 92 valence electrons. The molecule has 0 spiro atoms. The summed E-state index contributed by atoms with van der Waals surface area (Å²) in [5, 5.41) is 3.10. The van der Waals surface area contributed by atoms with Crippen LogP contribution in [0.15, 0.2) is 36.4 Å². The lowest BCUT2D eigenvalue weighted by molar-refractivity contribution is 0.102. The van der Waals surface area contributed by atoms with Gasteiger partial charge in [-0.3, -0.25) is 4.79 Å². The Balaban J connectivity index is 2.22. The summed E-state index contributed by atoms with van der Waals surface area (Å²) in [4.78, 5) is 15.8. The van der Waals surface area contributed by atoms with E-state index in [0.29, 0.717) is 11.3 Å². The van der Waals surface area contributed by atoms with Crippen LogP contribution < -0.4 is 5.32 Å². The number of anilines is 1. The van der Waals surface area contributed by atoms with Crippen LogP contribution in [0.1, 0.15) is 15.9 Å². The highest BCUT2D eigenvalue weighted by molar-refractivity contribution is 6.35. The van der Waals surface area contributed by atoms with Crippen molar-refractivity contribution < 1.29 is 4.79 Å². The van der Waals surface area contributed by atoms with Crippen molar-refractivity contribution in [3.63, 3.8) is 0 Å². The Bertz CT molecular complexity index is 599. The summed E-state index contributed by atoms with van der Waals surface area (Å²) in [5.74, 6) is -0.310. The van der Waals surface area contributed by atoms with Crippen LogP contribution in [0.25, 0.3) is 0 Å². The van der Waals surface area contributed by atoms with Crippen LogP contribution in [0.3, 0.4) is 0 Å². The molecule has 1 amide bonds. The number of carbonyl (C=O) groups is 1. The van der Waals surface area contributed by atoms with Crippen LogP contribution >= 0.6 is 23.2 Å². The van der Waals surface area contributed by atoms with E-state index in [-0.39, 0.29) is 16.2 Å². The smallest absolute Gasteiger partial charge is 0.258 e. The molecule has 1 aromatic carbocycles. The molecule has 18 heavy (non-hydrogen) atoms. The molecule has 1 N–H and O–H groups in total. The Morgan fingerprint density at radius 3 is 2.67 bits per heavy atom. The number of aromatic nitrogens is 1. The molecule has 2 rings (SSSR count). The lowest BCUT2D eigenvalue weighted by Crippen LogP contribution is -2.13. The molecule has 0 saturated carbocycles. The normalized spacial score (nSPS) is 10.2. The number of carbonyl (C=O) groups excluding carboxylic acids is 1. The van der Waals surface area contributed by atoms with E-state index in [0.717, 1.165) is 5.56 Å². The lowest BCUT2D eigenvalue weighted by Gasteiger charge is -2.07. The maximum Gasteiger partial charge on any atom is 0.258 e. The fraction of sp³-hybridized carbons (Fsp3) is 0.0769. The summed E-state index contributed by atoms with van der Waals surface area (Å²) in [5.41, 5.74) is 2.07. The molecule has 2 aromatic rings. The Morgan fingerprint density at radius 1 is 1.22 bits per heavy atom. The first-order valence-electron chi connectivity index (χ1n) is 5.26. The summed E-state index contributed by atoms with van der Waals surface area (Å²) >= 11 is 11.5. The van der Waals surface area contributed by atoms with Crippen LogP contribution in [0.2, 0.25) is 10.3 Å². The minimum Gasteiger partial charge on any atom is -0.322 e. The summed E-state index contributed by atoms with van der Waals surface area (Å²) in [6, 6.07) is 10.6. The van der Waals surface area contributed by atoms with E-state index >= 15 is 0 Å². The van der Waals surface area contributed by atoms with Crippen molar-refractivity contribution in [2.75, 3.05) is 5.32 Å². The third-order valence-corrected chi connectivity index (χ3v) is 2.83. The molecule has 1 aromatic heterocycles. The van der Waals surface area contributed by atoms with E-state index in [2.05, 4.69) is 10.3 Å². The van der Waals surface area contributed by atoms with Crippen molar-refractivity contribution in [3.05, 3.63) is 57.8 Å². The first-order chi connectivity index (χ1) is 8.56. The van der Waals surface area contributed by atoms with Gasteiger partial charge in [0.25, 0.3) is 5.91 Å². The zero-order valence-electron chi connectivity index (χ0n) is 9.58. The van der Waals surface area contributed by atoms with E-state index in [4.69, 9.17) is 23.2 Å². The first kappa shape index (κ1) is 12.9. The van der Waals surface area contributed by atoms with Gasteiger partial charge in [-0.15, -0.1) is 0 Å².